The van der Waals surface area contributed by atoms with E-state index in [4.69, 9.17) is 14.2 Å². The fraction of sp³-hybridized carbons (Fsp3) is 0.458. The Morgan fingerprint density at radius 1 is 1.07 bits per heavy atom. The van der Waals surface area contributed by atoms with Crippen LogP contribution < -0.4 is 19.5 Å². The molecule has 156 valence electrons. The van der Waals surface area contributed by atoms with Gasteiger partial charge in [-0.25, -0.2) is 0 Å². The minimum Gasteiger partial charge on any atom is -0.497 e. The van der Waals surface area contributed by atoms with Crippen molar-refractivity contribution in [1.29, 1.82) is 0 Å². The molecule has 0 saturated carbocycles. The van der Waals surface area contributed by atoms with Gasteiger partial charge in [0.2, 0.25) is 0 Å². The number of Topliss-reactive ketones (excluding diaryl/α,β-unsaturated/α-hetero) is 1. The van der Waals surface area contributed by atoms with Crippen LogP contribution in [0.3, 0.4) is 0 Å². The van der Waals surface area contributed by atoms with Gasteiger partial charge in [0.25, 0.3) is 0 Å². The predicted octanol–water partition coefficient (Wildman–Crippen LogP) is 4.19. The van der Waals surface area contributed by atoms with E-state index in [0.29, 0.717) is 12.8 Å². The molecule has 0 radical (unpaired) electrons. The number of carbonyl (C=O) groups excluding carboxylic acids is 1. The maximum atomic E-state index is 12.5. The number of aryl methyl sites for hydroxylation is 1. The fourth-order valence-corrected chi connectivity index (χ4v) is 4.02. The van der Waals surface area contributed by atoms with Crippen molar-refractivity contribution in [3.05, 3.63) is 52.6 Å². The normalized spacial score (nSPS) is 15.5. The molecule has 2 aromatic carbocycles. The summed E-state index contributed by atoms with van der Waals surface area (Å²) >= 11 is 0. The second-order valence-corrected chi connectivity index (χ2v) is 7.56. The van der Waals surface area contributed by atoms with E-state index in [-0.39, 0.29) is 11.8 Å². The van der Waals surface area contributed by atoms with Gasteiger partial charge in [0, 0.05) is 18.9 Å². The van der Waals surface area contributed by atoms with Crippen molar-refractivity contribution in [3.63, 3.8) is 0 Å². The molecule has 0 spiro atoms. The van der Waals surface area contributed by atoms with Gasteiger partial charge in [-0.3, -0.25) is 4.79 Å². The summed E-state index contributed by atoms with van der Waals surface area (Å²) in [5, 5.41) is 3.59. The van der Waals surface area contributed by atoms with E-state index >= 15 is 0 Å². The number of hydrogen-bond acceptors (Lipinski definition) is 5. The second kappa shape index (κ2) is 9.79. The number of fused-ring (bicyclic) bond motifs is 1. The SMILES string of the molecule is COc1ccc(CC(=O)CCCC2NCCc3cc(OC)c(OC)cc32)c(C)c1. The lowest BCUT2D eigenvalue weighted by Crippen LogP contribution is -2.30. The van der Waals surface area contributed by atoms with Gasteiger partial charge in [-0.05, 0) is 79.3 Å². The van der Waals surface area contributed by atoms with Crippen LogP contribution in [-0.2, 0) is 17.6 Å². The smallest absolute Gasteiger partial charge is 0.161 e. The molecule has 0 aliphatic carbocycles. The number of ketones is 1. The Kier molecular flexibility index (Phi) is 7.15. The van der Waals surface area contributed by atoms with Crippen LogP contribution in [0.25, 0.3) is 0 Å². The molecular formula is C24H31NO4. The Balaban J connectivity index is 1.58. The van der Waals surface area contributed by atoms with E-state index in [1.165, 1.54) is 11.1 Å². The minimum atomic E-state index is 0.245. The molecule has 1 atom stereocenters. The van der Waals surface area contributed by atoms with E-state index in [9.17, 15) is 4.79 Å². The molecule has 0 saturated heterocycles. The number of rotatable bonds is 9. The first-order chi connectivity index (χ1) is 14.0. The molecule has 1 aliphatic rings. The van der Waals surface area contributed by atoms with Crippen LogP contribution in [-0.4, -0.2) is 33.7 Å². The monoisotopic (exact) mass is 397 g/mol. The third kappa shape index (κ3) is 5.10. The van der Waals surface area contributed by atoms with Crippen LogP contribution in [0, 0.1) is 6.92 Å². The van der Waals surface area contributed by atoms with Crippen molar-refractivity contribution in [2.75, 3.05) is 27.9 Å². The lowest BCUT2D eigenvalue weighted by molar-refractivity contribution is -0.118. The first-order valence-electron chi connectivity index (χ1n) is 10.2. The Morgan fingerprint density at radius 3 is 2.52 bits per heavy atom. The van der Waals surface area contributed by atoms with Crippen LogP contribution >= 0.6 is 0 Å². The summed E-state index contributed by atoms with van der Waals surface area (Å²) in [6.07, 6.45) is 3.83. The Hall–Kier alpha value is -2.53. The highest BCUT2D eigenvalue weighted by atomic mass is 16.5. The molecular weight excluding hydrogens is 366 g/mol. The van der Waals surface area contributed by atoms with Gasteiger partial charge >= 0.3 is 0 Å². The molecule has 2 aromatic rings. The van der Waals surface area contributed by atoms with Crippen LogP contribution in [0.5, 0.6) is 17.2 Å². The quantitative estimate of drug-likeness (QED) is 0.688. The third-order valence-corrected chi connectivity index (χ3v) is 5.69. The highest BCUT2D eigenvalue weighted by Gasteiger charge is 2.22. The van der Waals surface area contributed by atoms with Gasteiger partial charge in [-0.1, -0.05) is 6.07 Å². The zero-order chi connectivity index (χ0) is 20.8. The van der Waals surface area contributed by atoms with Crippen LogP contribution in [0.4, 0.5) is 0 Å². The van der Waals surface area contributed by atoms with E-state index in [2.05, 4.69) is 17.4 Å². The Labute approximate surface area is 173 Å². The van der Waals surface area contributed by atoms with Gasteiger partial charge in [-0.15, -0.1) is 0 Å². The molecule has 3 rings (SSSR count). The maximum Gasteiger partial charge on any atom is 0.161 e. The lowest BCUT2D eigenvalue weighted by atomic mass is 9.90. The zero-order valence-electron chi connectivity index (χ0n) is 17.8. The topological polar surface area (TPSA) is 56.8 Å². The molecule has 0 fully saturated rings. The van der Waals surface area contributed by atoms with E-state index in [1.54, 1.807) is 21.3 Å². The average molecular weight is 398 g/mol. The van der Waals surface area contributed by atoms with Crippen LogP contribution in [0.15, 0.2) is 30.3 Å². The summed E-state index contributed by atoms with van der Waals surface area (Å²) in [6, 6.07) is 10.3. The fourth-order valence-electron chi connectivity index (χ4n) is 4.02. The molecule has 5 heteroatoms. The van der Waals surface area contributed by atoms with Crippen molar-refractivity contribution in [1.82, 2.24) is 5.32 Å². The van der Waals surface area contributed by atoms with Crippen molar-refractivity contribution >= 4 is 5.78 Å². The van der Waals surface area contributed by atoms with E-state index in [0.717, 1.165) is 54.2 Å². The van der Waals surface area contributed by atoms with Crippen molar-refractivity contribution in [2.45, 2.75) is 45.1 Å². The molecule has 0 bridgehead atoms. The summed E-state index contributed by atoms with van der Waals surface area (Å²) in [5.74, 6) is 2.64. The first-order valence-corrected chi connectivity index (χ1v) is 10.2. The number of nitrogens with one attached hydrogen (secondary N) is 1. The lowest BCUT2D eigenvalue weighted by Gasteiger charge is -2.28. The van der Waals surface area contributed by atoms with Gasteiger partial charge in [0.05, 0.1) is 21.3 Å². The summed E-state index contributed by atoms with van der Waals surface area (Å²) in [7, 11) is 4.98. The molecule has 29 heavy (non-hydrogen) atoms. The number of carbonyl (C=O) groups is 1. The predicted molar refractivity (Wildman–Crippen MR) is 114 cm³/mol. The average Bonchev–Trinajstić information content (AvgIpc) is 2.74. The van der Waals surface area contributed by atoms with E-state index in [1.807, 2.05) is 25.1 Å². The summed E-state index contributed by atoms with van der Waals surface area (Å²) in [5.41, 5.74) is 4.73. The second-order valence-electron chi connectivity index (χ2n) is 7.56. The zero-order valence-corrected chi connectivity index (χ0v) is 17.8. The number of ether oxygens (including phenoxy) is 3. The summed E-state index contributed by atoms with van der Waals surface area (Å²) in [6.45, 7) is 2.96. The van der Waals surface area contributed by atoms with Crippen LogP contribution in [0.1, 0.15) is 47.6 Å². The van der Waals surface area contributed by atoms with E-state index < -0.39 is 0 Å². The van der Waals surface area contributed by atoms with Crippen molar-refractivity contribution < 1.29 is 19.0 Å². The molecule has 1 heterocycles. The van der Waals surface area contributed by atoms with Crippen molar-refractivity contribution in [2.24, 2.45) is 0 Å². The third-order valence-electron chi connectivity index (χ3n) is 5.69. The molecule has 0 amide bonds. The minimum absolute atomic E-state index is 0.245. The van der Waals surface area contributed by atoms with Gasteiger partial charge in [0.15, 0.2) is 11.5 Å². The summed E-state index contributed by atoms with van der Waals surface area (Å²) < 4.78 is 16.1. The number of methoxy groups -OCH3 is 3. The Morgan fingerprint density at radius 2 is 1.83 bits per heavy atom. The first kappa shape index (κ1) is 21.2. The van der Waals surface area contributed by atoms with Crippen molar-refractivity contribution in [3.8, 4) is 17.2 Å². The highest BCUT2D eigenvalue weighted by molar-refractivity contribution is 5.81. The summed E-state index contributed by atoms with van der Waals surface area (Å²) in [4.78, 5) is 12.5. The maximum absolute atomic E-state index is 12.5. The molecule has 1 N–H and O–H groups in total. The molecule has 0 aromatic heterocycles. The largest absolute Gasteiger partial charge is 0.497 e. The number of hydrogen-bond donors (Lipinski definition) is 1. The molecule has 5 nitrogen and oxygen atoms in total. The standard InChI is InChI=1S/C24H31NO4/c1-16-12-20(27-2)9-8-17(16)13-19(26)6-5-7-22-21-15-24(29-4)23(28-3)14-18(21)10-11-25-22/h8-9,12,14-15,22,25H,5-7,10-11,13H2,1-4H3. The molecule has 1 unspecified atom stereocenters. The van der Waals surface area contributed by atoms with Gasteiger partial charge < -0.3 is 19.5 Å². The highest BCUT2D eigenvalue weighted by Crippen LogP contribution is 2.36. The van der Waals surface area contributed by atoms with Gasteiger partial charge in [0.1, 0.15) is 11.5 Å². The van der Waals surface area contributed by atoms with Gasteiger partial charge in [-0.2, -0.15) is 0 Å². The number of benzene rings is 2. The van der Waals surface area contributed by atoms with Crippen LogP contribution in [0.2, 0.25) is 0 Å². The molecule has 1 aliphatic heterocycles. The Bertz CT molecular complexity index is 862.